The summed E-state index contributed by atoms with van der Waals surface area (Å²) in [4.78, 5) is 122. The maximum Gasteiger partial charge on any atom is 0.399 e. The molecule has 0 aliphatic carbocycles. The van der Waals surface area contributed by atoms with E-state index in [1.165, 1.54) is 17.0 Å². The third-order valence-corrected chi connectivity index (χ3v) is 16.5. The molecule has 1 aromatic heterocycles. The largest absolute Gasteiger partial charge is 0.399 e. The summed E-state index contributed by atoms with van der Waals surface area (Å²) in [7, 11) is -5.90. The SMILES string of the molecule is NC(=O)CC[C@H](NC(=O)[C@@H]1CC[C@@H]2CCN(CC3CCN(Cc4ccccc4NC4CCC(=O)NC4=O)CC3)C[C@H](NC(=O)c3cc4cc(C(F)(F)P(=O)(O)O)ccc4[nH]3)C(=O)N21)C(=O)NC(c1ccccc1)c1ccccc1. The number of halogens is 2. The molecule has 23 heteroatoms. The zero-order valence-electron chi connectivity index (χ0n) is 43.3. The van der Waals surface area contributed by atoms with Gasteiger partial charge in [-0.25, -0.2) is 0 Å². The van der Waals surface area contributed by atoms with Crippen molar-refractivity contribution in [3.8, 4) is 0 Å². The second-order valence-corrected chi connectivity index (χ2v) is 22.6. The Balaban J connectivity index is 0.919. The Labute approximate surface area is 454 Å². The molecular formula is C56H65F2N10O10P. The normalized spacial score (nSPS) is 21.2. The number of alkyl halides is 2. The van der Waals surface area contributed by atoms with Crippen molar-refractivity contribution in [2.45, 2.75) is 106 Å². The highest BCUT2D eigenvalue weighted by atomic mass is 31.2. The Morgan fingerprint density at radius 2 is 1.46 bits per heavy atom. The Bertz CT molecular complexity index is 3080. The van der Waals surface area contributed by atoms with Gasteiger partial charge in [-0.2, -0.15) is 8.78 Å². The molecule has 4 saturated heterocycles. The topological polar surface area (TPSA) is 289 Å². The number of hydrogen-bond acceptors (Lipinski definition) is 11. The number of aromatic amines is 1. The van der Waals surface area contributed by atoms with Crippen molar-refractivity contribution < 1.29 is 56.7 Å². The standard InChI is InChI=1S/C56H65F2N10O10P/c57-56(58,79(76,77)78)39-15-17-42-38(29-39)30-45(61-42)53(73)63-46-33-67(31-34-23-26-66(27-24-34)32-37-13-7-8-14-41(37)60-43-19-22-49(70)64-51(43)71)28-25-40-16-20-47(68(40)55(46)75)54(74)62-44(18-21-48(59)69)52(72)65-50(35-9-3-1-4-10-35)36-11-5-2-6-12-36/h1-15,17,29-30,34,40,43-44,46-47,50,60-61H,16,18-28,31-33H2,(H2,59,69)(H,62,74)(H,63,73)(H,65,72)(H,64,70,71)(H2,76,77,78)/t40-,43?,44+,46+,47+/m1/s1. The number of anilines is 1. The van der Waals surface area contributed by atoms with Crippen molar-refractivity contribution in [1.82, 2.24) is 41.0 Å². The number of carbonyl (C=O) groups is 7. The van der Waals surface area contributed by atoms with E-state index in [0.717, 1.165) is 60.4 Å². The molecular weight excluding hydrogens is 1040 g/mol. The predicted octanol–water partition coefficient (Wildman–Crippen LogP) is 4.34. The first-order valence-electron chi connectivity index (χ1n) is 26.6. The minimum atomic E-state index is -5.90. The number of nitrogens with two attached hydrogens (primary N) is 1. The van der Waals surface area contributed by atoms with Gasteiger partial charge < -0.3 is 51.6 Å². The lowest BCUT2D eigenvalue weighted by Crippen LogP contribution is -2.61. The van der Waals surface area contributed by atoms with Crippen molar-refractivity contribution in [1.29, 1.82) is 0 Å². The van der Waals surface area contributed by atoms with Crippen LogP contribution >= 0.6 is 7.60 Å². The number of hydrogen-bond donors (Lipinski definition) is 9. The fourth-order valence-corrected chi connectivity index (χ4v) is 11.8. The number of fused-ring (bicyclic) bond motifs is 2. The van der Waals surface area contributed by atoms with Crippen LogP contribution in [0.4, 0.5) is 14.5 Å². The second kappa shape index (κ2) is 24.3. The van der Waals surface area contributed by atoms with Crippen LogP contribution in [0.1, 0.15) is 96.6 Å². The van der Waals surface area contributed by atoms with E-state index in [0.29, 0.717) is 38.9 Å². The molecule has 10 N–H and O–H groups in total. The highest BCUT2D eigenvalue weighted by Crippen LogP contribution is 2.59. The van der Waals surface area contributed by atoms with Crippen molar-refractivity contribution in [3.05, 3.63) is 137 Å². The van der Waals surface area contributed by atoms with Crippen molar-refractivity contribution in [3.63, 3.8) is 0 Å². The number of piperidine rings is 2. The average molecular weight is 1110 g/mol. The maximum absolute atomic E-state index is 15.2. The summed E-state index contributed by atoms with van der Waals surface area (Å²) in [6.07, 6.45) is 3.11. The maximum atomic E-state index is 15.2. The number of benzene rings is 4. The van der Waals surface area contributed by atoms with E-state index in [1.807, 2.05) is 84.9 Å². The number of carbonyl (C=O) groups excluding carboxylic acids is 7. The summed E-state index contributed by atoms with van der Waals surface area (Å²) in [5.74, 6) is -3.64. The highest BCUT2D eigenvalue weighted by molar-refractivity contribution is 7.52. The fraction of sp³-hybridized carbons (Fsp3) is 0.411. The van der Waals surface area contributed by atoms with E-state index in [9.17, 15) is 51.9 Å². The van der Waals surface area contributed by atoms with Gasteiger partial charge in [0.25, 0.3) is 5.91 Å². The molecule has 1 unspecified atom stereocenters. The summed E-state index contributed by atoms with van der Waals surface area (Å²) in [5.41, 5.74) is 3.59. The molecule has 4 aliphatic heterocycles. The van der Waals surface area contributed by atoms with Gasteiger partial charge in [-0.1, -0.05) is 84.9 Å². The van der Waals surface area contributed by atoms with E-state index in [2.05, 4.69) is 41.4 Å². The Morgan fingerprint density at radius 1 is 0.785 bits per heavy atom. The molecule has 9 rings (SSSR count). The number of primary amides is 1. The first-order valence-corrected chi connectivity index (χ1v) is 28.2. The van der Waals surface area contributed by atoms with E-state index < -0.39 is 84.6 Å². The van der Waals surface area contributed by atoms with Gasteiger partial charge in [-0.3, -0.25) is 48.3 Å². The molecule has 5 atom stereocenters. The summed E-state index contributed by atoms with van der Waals surface area (Å²) >= 11 is 0. The van der Waals surface area contributed by atoms with Gasteiger partial charge >= 0.3 is 13.3 Å². The van der Waals surface area contributed by atoms with Gasteiger partial charge in [0.1, 0.15) is 29.9 Å². The molecule has 418 valence electrons. The lowest BCUT2D eigenvalue weighted by Gasteiger charge is -2.41. The third kappa shape index (κ3) is 13.4. The molecule has 79 heavy (non-hydrogen) atoms. The minimum Gasteiger partial charge on any atom is -0.373 e. The summed E-state index contributed by atoms with van der Waals surface area (Å²) < 4.78 is 41.2. The van der Waals surface area contributed by atoms with E-state index >= 15 is 4.79 Å². The van der Waals surface area contributed by atoms with Crippen LogP contribution in [-0.2, 0) is 45.5 Å². The van der Waals surface area contributed by atoms with Crippen LogP contribution in [-0.4, -0.2) is 134 Å². The molecule has 0 spiro atoms. The smallest absolute Gasteiger partial charge is 0.373 e. The lowest BCUT2D eigenvalue weighted by molar-refractivity contribution is -0.144. The first kappa shape index (κ1) is 56.4. The Morgan fingerprint density at radius 3 is 2.13 bits per heavy atom. The number of nitrogens with zero attached hydrogens (tertiary/aromatic N) is 3. The minimum absolute atomic E-state index is 0.0462. The van der Waals surface area contributed by atoms with Gasteiger partial charge in [0, 0.05) is 67.2 Å². The number of amides is 7. The van der Waals surface area contributed by atoms with Crippen molar-refractivity contribution in [2.24, 2.45) is 11.7 Å². The molecule has 4 aliphatic rings. The predicted molar refractivity (Wildman–Crippen MR) is 288 cm³/mol. The van der Waals surface area contributed by atoms with E-state index in [4.69, 9.17) is 5.73 Å². The monoisotopic (exact) mass is 1110 g/mol. The average Bonchev–Trinajstić information content (AvgIpc) is 4.12. The molecule has 7 amide bonds. The molecule has 4 fully saturated rings. The fourth-order valence-electron chi connectivity index (χ4n) is 11.3. The van der Waals surface area contributed by atoms with Crippen LogP contribution in [0.25, 0.3) is 10.9 Å². The first-order chi connectivity index (χ1) is 37.8. The summed E-state index contributed by atoms with van der Waals surface area (Å²) in [6.45, 7) is 3.28. The van der Waals surface area contributed by atoms with Gasteiger partial charge in [0.15, 0.2) is 0 Å². The summed E-state index contributed by atoms with van der Waals surface area (Å²) in [5, 5.41) is 14.6. The van der Waals surface area contributed by atoms with Crippen LogP contribution in [0.2, 0.25) is 0 Å². The van der Waals surface area contributed by atoms with Gasteiger partial charge in [-0.15, -0.1) is 0 Å². The molecule has 0 saturated carbocycles. The number of H-pyrrole nitrogens is 1. The van der Waals surface area contributed by atoms with E-state index in [-0.39, 0.29) is 66.6 Å². The highest BCUT2D eigenvalue weighted by Gasteiger charge is 2.51. The second-order valence-electron chi connectivity index (χ2n) is 21.0. The Kier molecular flexibility index (Phi) is 17.4. The quantitative estimate of drug-likeness (QED) is 0.0412. The molecule has 20 nitrogen and oxygen atoms in total. The Hall–Kier alpha value is -7.36. The molecule has 0 radical (unpaired) electrons. The molecule has 5 aromatic rings. The number of aromatic nitrogens is 1. The number of likely N-dealkylation sites (tertiary alicyclic amines) is 1. The van der Waals surface area contributed by atoms with Crippen molar-refractivity contribution in [2.75, 3.05) is 38.0 Å². The zero-order chi connectivity index (χ0) is 56.0. The van der Waals surface area contributed by atoms with Gasteiger partial charge in [0.2, 0.25) is 35.4 Å². The third-order valence-electron chi connectivity index (χ3n) is 15.5. The van der Waals surface area contributed by atoms with Gasteiger partial charge in [0.05, 0.1) is 6.04 Å². The summed E-state index contributed by atoms with van der Waals surface area (Å²) in [6, 6.07) is 25.3. The van der Waals surface area contributed by atoms with Crippen LogP contribution < -0.4 is 32.3 Å². The zero-order valence-corrected chi connectivity index (χ0v) is 44.2. The molecule has 0 bridgehead atoms. The number of para-hydroxylation sites is 1. The van der Waals surface area contributed by atoms with Crippen LogP contribution in [0, 0.1) is 5.92 Å². The van der Waals surface area contributed by atoms with Crippen LogP contribution in [0.3, 0.4) is 0 Å². The van der Waals surface area contributed by atoms with Crippen LogP contribution in [0.15, 0.2) is 109 Å². The van der Waals surface area contributed by atoms with Crippen molar-refractivity contribution >= 4 is 65.5 Å². The molecule has 5 heterocycles. The molecule has 4 aromatic carbocycles. The number of imide groups is 1. The van der Waals surface area contributed by atoms with Crippen LogP contribution in [0.5, 0.6) is 0 Å². The van der Waals surface area contributed by atoms with E-state index in [1.54, 1.807) is 0 Å². The number of rotatable bonds is 19. The number of nitrogens with one attached hydrogen (secondary N) is 6. The lowest BCUT2D eigenvalue weighted by atomic mass is 9.94. The van der Waals surface area contributed by atoms with Gasteiger partial charge in [-0.05, 0) is 105 Å².